The Hall–Kier alpha value is -4.00. The number of aryl methyl sites for hydroxylation is 1. The Morgan fingerprint density at radius 3 is 2.62 bits per heavy atom. The third kappa shape index (κ3) is 3.73. The molecule has 7 nitrogen and oxygen atoms in total. The molecule has 5 rings (SSSR count). The van der Waals surface area contributed by atoms with E-state index >= 15 is 0 Å². The Balaban J connectivity index is 1.75. The van der Waals surface area contributed by atoms with E-state index in [9.17, 15) is 4.79 Å². The van der Waals surface area contributed by atoms with Gasteiger partial charge in [0.25, 0.3) is 0 Å². The van der Waals surface area contributed by atoms with Crippen molar-refractivity contribution in [3.63, 3.8) is 0 Å². The summed E-state index contributed by atoms with van der Waals surface area (Å²) < 4.78 is 9.64. The van der Waals surface area contributed by atoms with E-state index in [4.69, 9.17) is 9.84 Å². The van der Waals surface area contributed by atoms with Crippen LogP contribution in [-0.2, 0) is 6.54 Å². The van der Waals surface area contributed by atoms with Crippen molar-refractivity contribution in [3.8, 4) is 17.3 Å². The number of benzene rings is 2. The lowest BCUT2D eigenvalue weighted by Gasteiger charge is -2.31. The third-order valence-electron chi connectivity index (χ3n) is 6.17. The second-order valence-electron chi connectivity index (χ2n) is 8.85. The van der Waals surface area contributed by atoms with Crippen LogP contribution in [0.5, 0.6) is 5.75 Å². The minimum Gasteiger partial charge on any atom is -0.497 e. The van der Waals surface area contributed by atoms with E-state index in [-0.39, 0.29) is 18.1 Å². The fourth-order valence-corrected chi connectivity index (χ4v) is 4.64. The lowest BCUT2D eigenvalue weighted by Crippen LogP contribution is -2.44. The van der Waals surface area contributed by atoms with Gasteiger partial charge in [0.2, 0.25) is 0 Å². The molecule has 1 atom stereocenters. The summed E-state index contributed by atoms with van der Waals surface area (Å²) in [6.45, 7) is 6.38. The predicted molar refractivity (Wildman–Crippen MR) is 132 cm³/mol. The maximum absolute atomic E-state index is 13.6. The number of aromatic nitrogens is 3. The lowest BCUT2D eigenvalue weighted by molar-refractivity contribution is 0.178. The summed E-state index contributed by atoms with van der Waals surface area (Å²) >= 11 is 0. The third-order valence-corrected chi connectivity index (χ3v) is 6.17. The standard InChI is InChI=1S/C27H29N5O2/c1-18(2)28-27(33)31-17-23-19(3)29-32(21-11-6-5-7-12-21)26(23)30-15-9-14-24(30)25(31)20-10-8-13-22(16-20)34-4/h5-16,18,25H,17H2,1-4H3,(H,28,33)/t25-/m0/s1. The van der Waals surface area contributed by atoms with Crippen LogP contribution in [0.3, 0.4) is 0 Å². The molecule has 1 N–H and O–H groups in total. The highest BCUT2D eigenvalue weighted by molar-refractivity contribution is 5.76. The van der Waals surface area contributed by atoms with Crippen molar-refractivity contribution in [2.45, 2.75) is 39.4 Å². The van der Waals surface area contributed by atoms with Gasteiger partial charge in [-0.15, -0.1) is 0 Å². The number of nitrogens with zero attached hydrogens (tertiary/aromatic N) is 4. The monoisotopic (exact) mass is 455 g/mol. The number of amides is 2. The number of rotatable bonds is 4. The lowest BCUT2D eigenvalue weighted by atomic mass is 10.0. The van der Waals surface area contributed by atoms with E-state index in [1.54, 1.807) is 7.11 Å². The number of urea groups is 1. The Labute approximate surface area is 199 Å². The van der Waals surface area contributed by atoms with Crippen LogP contribution in [0.15, 0.2) is 72.9 Å². The number of hydrogen-bond donors (Lipinski definition) is 1. The molecule has 0 fully saturated rings. The fourth-order valence-electron chi connectivity index (χ4n) is 4.64. The first-order chi connectivity index (χ1) is 16.5. The Morgan fingerprint density at radius 2 is 1.88 bits per heavy atom. The number of carbonyl (C=O) groups excluding carboxylic acids is 1. The Morgan fingerprint density at radius 1 is 1.09 bits per heavy atom. The second-order valence-corrected chi connectivity index (χ2v) is 8.85. The minimum absolute atomic E-state index is 0.0149. The Kier molecular flexibility index (Phi) is 5.61. The molecule has 0 saturated carbocycles. The van der Waals surface area contributed by atoms with Crippen LogP contribution in [0.4, 0.5) is 4.79 Å². The van der Waals surface area contributed by atoms with Crippen LogP contribution >= 0.6 is 0 Å². The molecule has 34 heavy (non-hydrogen) atoms. The number of hydrogen-bond acceptors (Lipinski definition) is 3. The van der Waals surface area contributed by atoms with Gasteiger partial charge < -0.3 is 19.5 Å². The topological polar surface area (TPSA) is 64.3 Å². The zero-order valence-electron chi connectivity index (χ0n) is 19.9. The van der Waals surface area contributed by atoms with Crippen molar-refractivity contribution in [3.05, 3.63) is 95.4 Å². The molecule has 0 spiro atoms. The van der Waals surface area contributed by atoms with Gasteiger partial charge in [0.1, 0.15) is 11.6 Å². The highest BCUT2D eigenvalue weighted by Gasteiger charge is 2.36. The van der Waals surface area contributed by atoms with Crippen molar-refractivity contribution in [2.24, 2.45) is 0 Å². The quantitative estimate of drug-likeness (QED) is 0.471. The van der Waals surface area contributed by atoms with Gasteiger partial charge in [0, 0.05) is 17.8 Å². The molecule has 3 heterocycles. The molecule has 1 aliphatic rings. The zero-order valence-corrected chi connectivity index (χ0v) is 19.9. The van der Waals surface area contributed by atoms with E-state index in [1.807, 2.05) is 97.2 Å². The highest BCUT2D eigenvalue weighted by atomic mass is 16.5. The van der Waals surface area contributed by atoms with E-state index in [1.165, 1.54) is 0 Å². The van der Waals surface area contributed by atoms with Crippen molar-refractivity contribution >= 4 is 6.03 Å². The molecule has 174 valence electrons. The summed E-state index contributed by atoms with van der Waals surface area (Å²) in [6, 6.07) is 21.7. The number of para-hydroxylation sites is 1. The van der Waals surface area contributed by atoms with E-state index < -0.39 is 0 Å². The molecule has 2 aromatic carbocycles. The smallest absolute Gasteiger partial charge is 0.318 e. The summed E-state index contributed by atoms with van der Waals surface area (Å²) in [4.78, 5) is 15.5. The number of ether oxygens (including phenoxy) is 1. The van der Waals surface area contributed by atoms with Gasteiger partial charge in [-0.1, -0.05) is 30.3 Å². The average molecular weight is 456 g/mol. The van der Waals surface area contributed by atoms with Gasteiger partial charge in [-0.3, -0.25) is 0 Å². The van der Waals surface area contributed by atoms with E-state index in [0.717, 1.165) is 39.8 Å². The normalized spacial score (nSPS) is 15.0. The van der Waals surface area contributed by atoms with E-state index in [2.05, 4.69) is 16.0 Å². The molecule has 4 aromatic rings. The number of carbonyl (C=O) groups is 1. The summed E-state index contributed by atoms with van der Waals surface area (Å²) in [7, 11) is 1.66. The first-order valence-electron chi connectivity index (χ1n) is 11.5. The Bertz CT molecular complexity index is 1320. The molecule has 7 heteroatoms. The van der Waals surface area contributed by atoms with Gasteiger partial charge in [0.15, 0.2) is 0 Å². The van der Waals surface area contributed by atoms with Crippen LogP contribution < -0.4 is 10.1 Å². The zero-order chi connectivity index (χ0) is 23.8. The highest BCUT2D eigenvalue weighted by Crippen LogP contribution is 2.39. The fraction of sp³-hybridized carbons (Fsp3) is 0.259. The van der Waals surface area contributed by atoms with Gasteiger partial charge in [-0.25, -0.2) is 9.48 Å². The van der Waals surface area contributed by atoms with Gasteiger partial charge in [0.05, 0.1) is 36.8 Å². The first-order valence-corrected chi connectivity index (χ1v) is 11.5. The molecule has 1 aliphatic heterocycles. The van der Waals surface area contributed by atoms with Crippen LogP contribution in [0.25, 0.3) is 11.5 Å². The summed E-state index contributed by atoms with van der Waals surface area (Å²) in [5.41, 5.74) is 4.87. The van der Waals surface area contributed by atoms with Crippen LogP contribution in [-0.4, -0.2) is 38.4 Å². The summed E-state index contributed by atoms with van der Waals surface area (Å²) in [6.07, 6.45) is 2.05. The minimum atomic E-state index is -0.306. The molecular formula is C27H29N5O2. The average Bonchev–Trinajstić information content (AvgIpc) is 3.39. The largest absolute Gasteiger partial charge is 0.497 e. The summed E-state index contributed by atoms with van der Waals surface area (Å²) in [5, 5.41) is 7.98. The van der Waals surface area contributed by atoms with Crippen LogP contribution in [0.1, 0.15) is 42.4 Å². The second kappa shape index (κ2) is 8.74. The first kappa shape index (κ1) is 21.8. The maximum Gasteiger partial charge on any atom is 0.318 e. The number of nitrogens with one attached hydrogen (secondary N) is 1. The maximum atomic E-state index is 13.6. The van der Waals surface area contributed by atoms with Crippen molar-refractivity contribution < 1.29 is 9.53 Å². The predicted octanol–water partition coefficient (Wildman–Crippen LogP) is 5.00. The van der Waals surface area contributed by atoms with Crippen LogP contribution in [0, 0.1) is 6.92 Å². The molecule has 0 unspecified atom stereocenters. The molecule has 0 aliphatic carbocycles. The molecular weight excluding hydrogens is 426 g/mol. The SMILES string of the molecule is COc1cccc([C@H]2c3cccn3-c3c(c(C)nn3-c3ccccc3)CN2C(=O)NC(C)C)c1. The molecule has 0 bridgehead atoms. The number of methoxy groups -OCH3 is 1. The van der Waals surface area contributed by atoms with Crippen molar-refractivity contribution in [1.82, 2.24) is 24.6 Å². The van der Waals surface area contributed by atoms with Gasteiger partial charge in [-0.2, -0.15) is 5.10 Å². The molecule has 0 saturated heterocycles. The number of fused-ring (bicyclic) bond motifs is 3. The van der Waals surface area contributed by atoms with Gasteiger partial charge >= 0.3 is 6.03 Å². The van der Waals surface area contributed by atoms with Crippen molar-refractivity contribution in [2.75, 3.05) is 7.11 Å². The van der Waals surface area contributed by atoms with Crippen molar-refractivity contribution in [1.29, 1.82) is 0 Å². The molecule has 2 amide bonds. The molecule has 2 aromatic heterocycles. The van der Waals surface area contributed by atoms with E-state index in [0.29, 0.717) is 6.54 Å². The molecule has 0 radical (unpaired) electrons. The van der Waals surface area contributed by atoms with Crippen LogP contribution in [0.2, 0.25) is 0 Å². The summed E-state index contributed by atoms with van der Waals surface area (Å²) in [5.74, 6) is 1.71. The van der Waals surface area contributed by atoms with Gasteiger partial charge in [-0.05, 0) is 62.7 Å².